The first-order valence-electron chi connectivity index (χ1n) is 6.12. The van der Waals surface area contributed by atoms with Gasteiger partial charge in [0.25, 0.3) is 5.91 Å². The number of carbonyl (C=O) groups is 1. The normalized spacial score (nSPS) is 10.3. The number of nitrogens with one attached hydrogen (secondary N) is 1. The highest BCUT2D eigenvalue weighted by atomic mass is 19.1. The topological polar surface area (TPSA) is 29.1 Å². The Hall–Kier alpha value is -2.16. The van der Waals surface area contributed by atoms with Crippen LogP contribution in [0, 0.1) is 26.6 Å². The third-order valence-electron chi connectivity index (χ3n) is 3.07. The SMILES string of the molecule is Cc1ccc(C)c(C(=O)Nc2ccc(F)cc2C)c1. The molecule has 0 aliphatic heterocycles. The molecule has 0 saturated heterocycles. The Balaban J connectivity index is 2.28. The molecule has 0 aromatic heterocycles. The second-order valence-corrected chi connectivity index (χ2v) is 4.73. The van der Waals surface area contributed by atoms with Gasteiger partial charge in [0.1, 0.15) is 5.82 Å². The van der Waals surface area contributed by atoms with Crippen molar-refractivity contribution in [3.05, 3.63) is 64.5 Å². The van der Waals surface area contributed by atoms with Crippen molar-refractivity contribution in [2.45, 2.75) is 20.8 Å². The number of hydrogen-bond donors (Lipinski definition) is 1. The molecule has 2 aromatic rings. The molecule has 0 atom stereocenters. The predicted molar refractivity (Wildman–Crippen MR) is 75.0 cm³/mol. The largest absolute Gasteiger partial charge is 0.322 e. The molecule has 0 aliphatic rings. The quantitative estimate of drug-likeness (QED) is 0.865. The van der Waals surface area contributed by atoms with E-state index in [2.05, 4.69) is 5.32 Å². The molecular formula is C16H16FNO. The number of rotatable bonds is 2. The number of halogens is 1. The standard InChI is InChI=1S/C16H16FNO/c1-10-4-5-11(2)14(8-10)16(19)18-15-7-6-13(17)9-12(15)3/h4-9H,1-3H3,(H,18,19). The van der Waals surface area contributed by atoms with E-state index in [9.17, 15) is 9.18 Å². The zero-order valence-electron chi connectivity index (χ0n) is 11.3. The van der Waals surface area contributed by atoms with Gasteiger partial charge in [0.15, 0.2) is 0 Å². The monoisotopic (exact) mass is 257 g/mol. The summed E-state index contributed by atoms with van der Waals surface area (Å²) in [6, 6.07) is 10.1. The van der Waals surface area contributed by atoms with E-state index in [1.54, 1.807) is 13.0 Å². The minimum absolute atomic E-state index is 0.170. The Morgan fingerprint density at radius 3 is 2.42 bits per heavy atom. The molecule has 2 rings (SSSR count). The summed E-state index contributed by atoms with van der Waals surface area (Å²) >= 11 is 0. The lowest BCUT2D eigenvalue weighted by molar-refractivity contribution is 0.102. The van der Waals surface area contributed by atoms with Gasteiger partial charge in [-0.15, -0.1) is 0 Å². The van der Waals surface area contributed by atoms with Crippen LogP contribution in [-0.4, -0.2) is 5.91 Å². The Morgan fingerprint density at radius 1 is 1.00 bits per heavy atom. The molecule has 0 saturated carbocycles. The third kappa shape index (κ3) is 2.99. The van der Waals surface area contributed by atoms with Crippen molar-refractivity contribution in [2.75, 3.05) is 5.32 Å². The van der Waals surface area contributed by atoms with Gasteiger partial charge in [0.05, 0.1) is 0 Å². The molecule has 1 amide bonds. The first kappa shape index (κ1) is 13.3. The summed E-state index contributed by atoms with van der Waals surface area (Å²) in [7, 11) is 0. The van der Waals surface area contributed by atoms with E-state index in [0.29, 0.717) is 16.8 Å². The van der Waals surface area contributed by atoms with E-state index in [0.717, 1.165) is 11.1 Å². The van der Waals surface area contributed by atoms with Crippen LogP contribution in [0.15, 0.2) is 36.4 Å². The summed E-state index contributed by atoms with van der Waals surface area (Å²) < 4.78 is 13.0. The molecular weight excluding hydrogens is 241 g/mol. The number of carbonyl (C=O) groups excluding carboxylic acids is 1. The number of anilines is 1. The molecule has 2 nitrogen and oxygen atoms in total. The van der Waals surface area contributed by atoms with Gasteiger partial charge < -0.3 is 5.32 Å². The molecule has 1 N–H and O–H groups in total. The van der Waals surface area contributed by atoms with Gasteiger partial charge in [-0.25, -0.2) is 4.39 Å². The minimum Gasteiger partial charge on any atom is -0.322 e. The van der Waals surface area contributed by atoms with Gasteiger partial charge in [0.2, 0.25) is 0 Å². The maximum absolute atomic E-state index is 13.0. The molecule has 0 heterocycles. The van der Waals surface area contributed by atoms with Crippen LogP contribution in [0.1, 0.15) is 27.0 Å². The number of amides is 1. The minimum atomic E-state index is -0.303. The fraction of sp³-hybridized carbons (Fsp3) is 0.188. The molecule has 0 bridgehead atoms. The van der Waals surface area contributed by atoms with Gasteiger partial charge in [-0.05, 0) is 56.2 Å². The predicted octanol–water partition coefficient (Wildman–Crippen LogP) is 4.00. The maximum atomic E-state index is 13.0. The van der Waals surface area contributed by atoms with Gasteiger partial charge in [-0.1, -0.05) is 17.7 Å². The maximum Gasteiger partial charge on any atom is 0.255 e. The Morgan fingerprint density at radius 2 is 1.74 bits per heavy atom. The van der Waals surface area contributed by atoms with Gasteiger partial charge in [0, 0.05) is 11.3 Å². The first-order chi connectivity index (χ1) is 8.97. The van der Waals surface area contributed by atoms with Gasteiger partial charge >= 0.3 is 0 Å². The fourth-order valence-electron chi connectivity index (χ4n) is 1.94. The molecule has 0 fully saturated rings. The van der Waals surface area contributed by atoms with Crippen LogP contribution < -0.4 is 5.32 Å². The number of benzene rings is 2. The molecule has 3 heteroatoms. The molecule has 0 radical (unpaired) electrons. The van der Waals surface area contributed by atoms with Crippen molar-refractivity contribution in [2.24, 2.45) is 0 Å². The highest BCUT2D eigenvalue weighted by molar-refractivity contribution is 6.05. The lowest BCUT2D eigenvalue weighted by Gasteiger charge is -2.10. The Bertz CT molecular complexity index is 635. The summed E-state index contributed by atoms with van der Waals surface area (Å²) in [5.74, 6) is -0.474. The summed E-state index contributed by atoms with van der Waals surface area (Å²) in [5.41, 5.74) is 3.93. The van der Waals surface area contributed by atoms with Crippen LogP contribution >= 0.6 is 0 Å². The van der Waals surface area contributed by atoms with Gasteiger partial charge in [-0.2, -0.15) is 0 Å². The Labute approximate surface area is 112 Å². The average molecular weight is 257 g/mol. The van der Waals surface area contributed by atoms with Crippen LogP contribution in [0.4, 0.5) is 10.1 Å². The van der Waals surface area contributed by atoms with E-state index < -0.39 is 0 Å². The molecule has 0 spiro atoms. The lowest BCUT2D eigenvalue weighted by atomic mass is 10.0. The van der Waals surface area contributed by atoms with E-state index in [1.807, 2.05) is 32.0 Å². The number of hydrogen-bond acceptors (Lipinski definition) is 1. The van der Waals surface area contributed by atoms with Crippen molar-refractivity contribution >= 4 is 11.6 Å². The van der Waals surface area contributed by atoms with Crippen molar-refractivity contribution in [3.63, 3.8) is 0 Å². The first-order valence-corrected chi connectivity index (χ1v) is 6.12. The molecule has 2 aromatic carbocycles. The van der Waals surface area contributed by atoms with E-state index >= 15 is 0 Å². The molecule has 0 aliphatic carbocycles. The van der Waals surface area contributed by atoms with E-state index in [1.165, 1.54) is 12.1 Å². The van der Waals surface area contributed by atoms with Crippen molar-refractivity contribution in [1.29, 1.82) is 0 Å². The van der Waals surface area contributed by atoms with Crippen LogP contribution in [0.5, 0.6) is 0 Å². The van der Waals surface area contributed by atoms with Crippen LogP contribution in [0.2, 0.25) is 0 Å². The summed E-state index contributed by atoms with van der Waals surface area (Å²) in [4.78, 5) is 12.2. The summed E-state index contributed by atoms with van der Waals surface area (Å²) in [5, 5.41) is 2.82. The zero-order valence-corrected chi connectivity index (χ0v) is 11.3. The van der Waals surface area contributed by atoms with E-state index in [-0.39, 0.29) is 11.7 Å². The smallest absolute Gasteiger partial charge is 0.255 e. The van der Waals surface area contributed by atoms with Crippen LogP contribution in [0.25, 0.3) is 0 Å². The summed E-state index contributed by atoms with van der Waals surface area (Å²) in [6.07, 6.45) is 0. The summed E-state index contributed by atoms with van der Waals surface area (Å²) in [6.45, 7) is 5.60. The third-order valence-corrected chi connectivity index (χ3v) is 3.07. The van der Waals surface area contributed by atoms with E-state index in [4.69, 9.17) is 0 Å². The van der Waals surface area contributed by atoms with Crippen molar-refractivity contribution < 1.29 is 9.18 Å². The number of aryl methyl sites for hydroxylation is 3. The van der Waals surface area contributed by atoms with Crippen molar-refractivity contribution in [3.8, 4) is 0 Å². The zero-order chi connectivity index (χ0) is 14.0. The second kappa shape index (κ2) is 5.22. The van der Waals surface area contributed by atoms with Crippen LogP contribution in [0.3, 0.4) is 0 Å². The highest BCUT2D eigenvalue weighted by Gasteiger charge is 2.10. The molecule has 19 heavy (non-hydrogen) atoms. The molecule has 98 valence electrons. The lowest BCUT2D eigenvalue weighted by Crippen LogP contribution is -2.14. The molecule has 0 unspecified atom stereocenters. The van der Waals surface area contributed by atoms with Crippen LogP contribution in [-0.2, 0) is 0 Å². The fourth-order valence-corrected chi connectivity index (χ4v) is 1.94. The average Bonchev–Trinajstić information content (AvgIpc) is 2.35. The Kier molecular flexibility index (Phi) is 3.65. The second-order valence-electron chi connectivity index (χ2n) is 4.73. The van der Waals surface area contributed by atoms with Crippen molar-refractivity contribution in [1.82, 2.24) is 0 Å². The highest BCUT2D eigenvalue weighted by Crippen LogP contribution is 2.18. The van der Waals surface area contributed by atoms with Gasteiger partial charge in [-0.3, -0.25) is 4.79 Å².